The summed E-state index contributed by atoms with van der Waals surface area (Å²) in [5.74, 6) is 0. The van der Waals surface area contributed by atoms with E-state index < -0.39 is 0 Å². The van der Waals surface area contributed by atoms with Crippen molar-refractivity contribution in [3.63, 3.8) is 0 Å². The Morgan fingerprint density at radius 3 is 2.37 bits per heavy atom. The second kappa shape index (κ2) is 7.10. The monoisotopic (exact) mass is 253 g/mol. The van der Waals surface area contributed by atoms with Crippen LogP contribution in [-0.2, 0) is 12.8 Å². The van der Waals surface area contributed by atoms with Gasteiger partial charge in [0.25, 0.3) is 0 Å². The van der Waals surface area contributed by atoms with E-state index in [1.165, 1.54) is 16.7 Å². The third-order valence-electron chi connectivity index (χ3n) is 3.67. The van der Waals surface area contributed by atoms with Crippen molar-refractivity contribution in [2.24, 2.45) is 0 Å². The summed E-state index contributed by atoms with van der Waals surface area (Å²) >= 11 is 0. The molecule has 1 unspecified atom stereocenters. The van der Waals surface area contributed by atoms with Gasteiger partial charge in [0.1, 0.15) is 0 Å². The molecule has 0 radical (unpaired) electrons. The van der Waals surface area contributed by atoms with Crippen molar-refractivity contribution >= 4 is 0 Å². The van der Waals surface area contributed by atoms with Gasteiger partial charge in [-0.15, -0.1) is 0 Å². The molecule has 0 amide bonds. The maximum atomic E-state index is 3.44. The Hall–Kier alpha value is -1.60. The molecule has 0 heterocycles. The molecule has 19 heavy (non-hydrogen) atoms. The number of rotatable bonds is 6. The van der Waals surface area contributed by atoms with Crippen LogP contribution in [-0.4, -0.2) is 7.05 Å². The van der Waals surface area contributed by atoms with Crippen LogP contribution in [0.15, 0.2) is 54.6 Å². The van der Waals surface area contributed by atoms with Crippen LogP contribution >= 0.6 is 0 Å². The molecule has 1 N–H and O–H groups in total. The molecule has 100 valence electrons. The topological polar surface area (TPSA) is 12.0 Å². The summed E-state index contributed by atoms with van der Waals surface area (Å²) in [6.45, 7) is 2.21. The Bertz CT molecular complexity index is 490. The fourth-order valence-electron chi connectivity index (χ4n) is 2.46. The first-order valence-corrected chi connectivity index (χ1v) is 7.13. The van der Waals surface area contributed by atoms with Crippen LogP contribution < -0.4 is 5.32 Å². The lowest BCUT2D eigenvalue weighted by Crippen LogP contribution is -2.17. The second-order valence-corrected chi connectivity index (χ2v) is 4.96. The molecule has 2 aromatic carbocycles. The van der Waals surface area contributed by atoms with Crippen LogP contribution in [0.25, 0.3) is 0 Å². The van der Waals surface area contributed by atoms with E-state index >= 15 is 0 Å². The molecule has 0 bridgehead atoms. The average molecular weight is 253 g/mol. The van der Waals surface area contributed by atoms with E-state index in [1.807, 2.05) is 7.05 Å². The summed E-state index contributed by atoms with van der Waals surface area (Å²) < 4.78 is 0. The average Bonchev–Trinajstić information content (AvgIpc) is 2.49. The van der Waals surface area contributed by atoms with E-state index in [9.17, 15) is 0 Å². The molecule has 0 aliphatic rings. The van der Waals surface area contributed by atoms with E-state index in [1.54, 1.807) is 0 Å². The van der Waals surface area contributed by atoms with Crippen LogP contribution in [0.1, 0.15) is 36.1 Å². The number of hydrogen-bond acceptors (Lipinski definition) is 1. The summed E-state index contributed by atoms with van der Waals surface area (Å²) in [5.41, 5.74) is 4.23. The Labute approximate surface area is 116 Å². The summed E-state index contributed by atoms with van der Waals surface area (Å²) in [4.78, 5) is 0. The molecule has 1 heteroatoms. The lowest BCUT2D eigenvalue weighted by molar-refractivity contribution is 0.549. The minimum Gasteiger partial charge on any atom is -0.313 e. The van der Waals surface area contributed by atoms with Crippen molar-refractivity contribution in [2.45, 2.75) is 32.2 Å². The SMILES string of the molecule is CCc1cccc(C(CCc2ccccc2)NC)c1. The van der Waals surface area contributed by atoms with Crippen molar-refractivity contribution in [1.29, 1.82) is 0 Å². The summed E-state index contributed by atoms with van der Waals surface area (Å²) in [6.07, 6.45) is 3.35. The molecule has 0 saturated heterocycles. The van der Waals surface area contributed by atoms with Crippen molar-refractivity contribution in [3.05, 3.63) is 71.3 Å². The molecule has 0 aliphatic heterocycles. The smallest absolute Gasteiger partial charge is 0.0320 e. The van der Waals surface area contributed by atoms with Crippen LogP contribution in [0, 0.1) is 0 Å². The first-order chi connectivity index (χ1) is 9.33. The molecule has 0 spiro atoms. The molecular formula is C18H23N. The zero-order chi connectivity index (χ0) is 13.5. The Kier molecular flexibility index (Phi) is 5.17. The normalized spacial score (nSPS) is 12.3. The largest absolute Gasteiger partial charge is 0.313 e. The second-order valence-electron chi connectivity index (χ2n) is 4.96. The molecule has 1 atom stereocenters. The van der Waals surface area contributed by atoms with Gasteiger partial charge in [-0.3, -0.25) is 0 Å². The number of benzene rings is 2. The molecule has 2 aromatic rings. The molecule has 0 aromatic heterocycles. The highest BCUT2D eigenvalue weighted by molar-refractivity contribution is 5.26. The Morgan fingerprint density at radius 2 is 1.68 bits per heavy atom. The number of nitrogens with one attached hydrogen (secondary N) is 1. The van der Waals surface area contributed by atoms with Crippen LogP contribution in [0.3, 0.4) is 0 Å². The van der Waals surface area contributed by atoms with Gasteiger partial charge in [-0.1, -0.05) is 61.5 Å². The number of aryl methyl sites for hydroxylation is 2. The summed E-state index contributed by atoms with van der Waals surface area (Å²) in [6, 6.07) is 20.1. The third-order valence-corrected chi connectivity index (χ3v) is 3.67. The van der Waals surface area contributed by atoms with Gasteiger partial charge in [0.15, 0.2) is 0 Å². The zero-order valence-corrected chi connectivity index (χ0v) is 11.9. The highest BCUT2D eigenvalue weighted by Crippen LogP contribution is 2.20. The minimum atomic E-state index is 0.437. The Morgan fingerprint density at radius 1 is 0.947 bits per heavy atom. The highest BCUT2D eigenvalue weighted by atomic mass is 14.9. The van der Waals surface area contributed by atoms with E-state index in [-0.39, 0.29) is 0 Å². The quantitative estimate of drug-likeness (QED) is 0.815. The predicted octanol–water partition coefficient (Wildman–Crippen LogP) is 4.14. The Balaban J connectivity index is 2.03. The first kappa shape index (κ1) is 13.8. The summed E-state index contributed by atoms with van der Waals surface area (Å²) in [7, 11) is 2.05. The molecule has 1 nitrogen and oxygen atoms in total. The van der Waals surface area contributed by atoms with Crippen LogP contribution in [0.2, 0.25) is 0 Å². The van der Waals surface area contributed by atoms with Gasteiger partial charge in [-0.05, 0) is 43.0 Å². The van der Waals surface area contributed by atoms with Gasteiger partial charge in [0.2, 0.25) is 0 Å². The maximum absolute atomic E-state index is 3.44. The van der Waals surface area contributed by atoms with E-state index in [4.69, 9.17) is 0 Å². The molecule has 0 saturated carbocycles. The molecule has 0 aliphatic carbocycles. The van der Waals surface area contributed by atoms with E-state index in [0.717, 1.165) is 19.3 Å². The van der Waals surface area contributed by atoms with Crippen molar-refractivity contribution in [2.75, 3.05) is 7.05 Å². The molecule has 0 fully saturated rings. The highest BCUT2D eigenvalue weighted by Gasteiger charge is 2.09. The van der Waals surface area contributed by atoms with Crippen LogP contribution in [0.5, 0.6) is 0 Å². The van der Waals surface area contributed by atoms with E-state index in [2.05, 4.69) is 66.8 Å². The van der Waals surface area contributed by atoms with Gasteiger partial charge in [0.05, 0.1) is 0 Å². The van der Waals surface area contributed by atoms with Gasteiger partial charge in [0, 0.05) is 6.04 Å². The lowest BCUT2D eigenvalue weighted by atomic mass is 9.97. The first-order valence-electron chi connectivity index (χ1n) is 7.13. The lowest BCUT2D eigenvalue weighted by Gasteiger charge is -2.17. The van der Waals surface area contributed by atoms with Gasteiger partial charge >= 0.3 is 0 Å². The third kappa shape index (κ3) is 3.93. The fraction of sp³-hybridized carbons (Fsp3) is 0.333. The van der Waals surface area contributed by atoms with Gasteiger partial charge in [-0.2, -0.15) is 0 Å². The standard InChI is InChI=1S/C18H23N/c1-3-15-10-7-11-17(14-15)18(19-2)13-12-16-8-5-4-6-9-16/h4-11,14,18-19H,3,12-13H2,1-2H3. The fourth-order valence-corrected chi connectivity index (χ4v) is 2.46. The predicted molar refractivity (Wildman–Crippen MR) is 82.4 cm³/mol. The maximum Gasteiger partial charge on any atom is 0.0320 e. The molecule has 2 rings (SSSR count). The van der Waals surface area contributed by atoms with E-state index in [0.29, 0.717) is 6.04 Å². The molecular weight excluding hydrogens is 230 g/mol. The minimum absolute atomic E-state index is 0.437. The van der Waals surface area contributed by atoms with Crippen molar-refractivity contribution in [1.82, 2.24) is 5.32 Å². The van der Waals surface area contributed by atoms with Gasteiger partial charge < -0.3 is 5.32 Å². The van der Waals surface area contributed by atoms with Crippen molar-refractivity contribution in [3.8, 4) is 0 Å². The van der Waals surface area contributed by atoms with Crippen LogP contribution in [0.4, 0.5) is 0 Å². The van der Waals surface area contributed by atoms with Gasteiger partial charge in [-0.25, -0.2) is 0 Å². The summed E-state index contributed by atoms with van der Waals surface area (Å²) in [5, 5.41) is 3.44. The number of hydrogen-bond donors (Lipinski definition) is 1. The van der Waals surface area contributed by atoms with Crippen molar-refractivity contribution < 1.29 is 0 Å². The zero-order valence-electron chi connectivity index (χ0n) is 11.9.